The molecule has 3 heteroatoms. The third-order valence-electron chi connectivity index (χ3n) is 5.26. The molecular formula is C26H26O3. The fraction of sp³-hybridized carbons (Fsp3) is 0.231. The number of rotatable bonds is 6. The van der Waals surface area contributed by atoms with Crippen LogP contribution in [0, 0.1) is 0 Å². The lowest BCUT2D eigenvalue weighted by Gasteiger charge is -2.19. The Hall–Kier alpha value is -3.20. The van der Waals surface area contributed by atoms with Crippen LogP contribution in [0.3, 0.4) is 0 Å². The van der Waals surface area contributed by atoms with Crippen LogP contribution in [0.25, 0.3) is 5.57 Å². The molecule has 3 aromatic carbocycles. The lowest BCUT2D eigenvalue weighted by Crippen LogP contribution is -2.03. The quantitative estimate of drug-likeness (QED) is 0.492. The van der Waals surface area contributed by atoms with Gasteiger partial charge in [-0.2, -0.15) is 0 Å². The molecule has 3 aromatic rings. The van der Waals surface area contributed by atoms with Gasteiger partial charge in [-0.05, 0) is 51.9 Å². The third kappa shape index (κ3) is 4.45. The van der Waals surface area contributed by atoms with Gasteiger partial charge in [-0.25, -0.2) is 0 Å². The lowest BCUT2D eigenvalue weighted by atomic mass is 9.97. The van der Waals surface area contributed by atoms with Gasteiger partial charge in [0.25, 0.3) is 0 Å². The van der Waals surface area contributed by atoms with Gasteiger partial charge in [-0.3, -0.25) is 0 Å². The van der Waals surface area contributed by atoms with Gasteiger partial charge in [0, 0.05) is 12.5 Å². The Morgan fingerprint density at radius 2 is 1.62 bits per heavy atom. The molecule has 0 radical (unpaired) electrons. The van der Waals surface area contributed by atoms with Crippen LogP contribution in [0.1, 0.15) is 42.0 Å². The van der Waals surface area contributed by atoms with E-state index in [0.29, 0.717) is 12.5 Å². The molecule has 0 saturated heterocycles. The molecule has 148 valence electrons. The van der Waals surface area contributed by atoms with Gasteiger partial charge in [-0.1, -0.05) is 56.3 Å². The Balaban J connectivity index is 1.41. The maximum absolute atomic E-state index is 5.98. The van der Waals surface area contributed by atoms with Crippen LogP contribution < -0.4 is 14.2 Å². The fourth-order valence-electron chi connectivity index (χ4n) is 3.40. The Labute approximate surface area is 172 Å². The molecule has 1 aliphatic heterocycles. The fourth-order valence-corrected chi connectivity index (χ4v) is 3.40. The summed E-state index contributed by atoms with van der Waals surface area (Å²) in [5.41, 5.74) is 5.96. The van der Waals surface area contributed by atoms with Crippen molar-refractivity contribution >= 4 is 5.57 Å². The average molecular weight is 386 g/mol. The molecule has 4 rings (SSSR count). The SMILES string of the molecule is COc1ccc(C2=COc3cc(OCc4ccc(C(C)C)cc4)ccc3C2)cc1. The molecule has 0 N–H and O–H groups in total. The zero-order valence-electron chi connectivity index (χ0n) is 17.1. The molecule has 0 saturated carbocycles. The monoisotopic (exact) mass is 386 g/mol. The highest BCUT2D eigenvalue weighted by Crippen LogP contribution is 2.34. The van der Waals surface area contributed by atoms with E-state index in [0.717, 1.165) is 45.9 Å². The summed E-state index contributed by atoms with van der Waals surface area (Å²) < 4.78 is 17.1. The van der Waals surface area contributed by atoms with E-state index in [2.05, 4.69) is 56.3 Å². The summed E-state index contributed by atoms with van der Waals surface area (Å²) in [6, 6.07) is 22.7. The molecule has 0 aliphatic carbocycles. The van der Waals surface area contributed by atoms with Gasteiger partial charge in [-0.15, -0.1) is 0 Å². The Morgan fingerprint density at radius 1 is 0.897 bits per heavy atom. The molecule has 29 heavy (non-hydrogen) atoms. The zero-order chi connectivity index (χ0) is 20.2. The first kappa shape index (κ1) is 19.1. The van der Waals surface area contributed by atoms with Gasteiger partial charge in [0.1, 0.15) is 23.9 Å². The van der Waals surface area contributed by atoms with Gasteiger partial charge in [0.05, 0.1) is 13.4 Å². The number of allylic oxidation sites excluding steroid dienone is 1. The first-order valence-corrected chi connectivity index (χ1v) is 9.97. The molecule has 0 amide bonds. The highest BCUT2D eigenvalue weighted by atomic mass is 16.5. The predicted molar refractivity (Wildman–Crippen MR) is 117 cm³/mol. The van der Waals surface area contributed by atoms with Gasteiger partial charge < -0.3 is 14.2 Å². The van der Waals surface area contributed by atoms with Crippen LogP contribution in [0.2, 0.25) is 0 Å². The molecule has 1 heterocycles. The van der Waals surface area contributed by atoms with E-state index in [1.54, 1.807) is 7.11 Å². The van der Waals surface area contributed by atoms with E-state index >= 15 is 0 Å². The van der Waals surface area contributed by atoms with E-state index in [9.17, 15) is 0 Å². The normalized spacial score (nSPS) is 12.8. The maximum Gasteiger partial charge on any atom is 0.133 e. The van der Waals surface area contributed by atoms with Crippen molar-refractivity contribution in [3.05, 3.63) is 95.2 Å². The topological polar surface area (TPSA) is 27.7 Å². The van der Waals surface area contributed by atoms with E-state index < -0.39 is 0 Å². The third-order valence-corrected chi connectivity index (χ3v) is 5.26. The van der Waals surface area contributed by atoms with Crippen LogP contribution in [-0.2, 0) is 13.0 Å². The molecule has 1 aliphatic rings. The minimum absolute atomic E-state index is 0.540. The zero-order valence-corrected chi connectivity index (χ0v) is 17.1. The van der Waals surface area contributed by atoms with E-state index in [1.165, 1.54) is 5.56 Å². The lowest BCUT2D eigenvalue weighted by molar-refractivity contribution is 0.304. The summed E-state index contributed by atoms with van der Waals surface area (Å²) in [6.07, 6.45) is 2.66. The number of ether oxygens (including phenoxy) is 3. The van der Waals surface area contributed by atoms with Crippen molar-refractivity contribution < 1.29 is 14.2 Å². The standard InChI is InChI=1S/C26H26O3/c1-18(2)20-6-4-19(5-7-20)16-28-25-13-10-22-14-23(17-29-26(22)15-25)21-8-11-24(27-3)12-9-21/h4-13,15,17-18H,14,16H2,1-3H3. The summed E-state index contributed by atoms with van der Waals surface area (Å²) in [5.74, 6) is 3.07. The van der Waals surface area contributed by atoms with E-state index in [1.807, 2.05) is 30.5 Å². The smallest absolute Gasteiger partial charge is 0.133 e. The second-order valence-electron chi connectivity index (χ2n) is 7.62. The van der Waals surface area contributed by atoms with Crippen molar-refractivity contribution in [2.75, 3.05) is 7.11 Å². The van der Waals surface area contributed by atoms with Crippen molar-refractivity contribution in [3.8, 4) is 17.2 Å². The van der Waals surface area contributed by atoms with Crippen LogP contribution in [-0.4, -0.2) is 7.11 Å². The highest BCUT2D eigenvalue weighted by Gasteiger charge is 2.15. The van der Waals surface area contributed by atoms with E-state index in [-0.39, 0.29) is 0 Å². The minimum Gasteiger partial charge on any atom is -0.497 e. The number of fused-ring (bicyclic) bond motifs is 1. The summed E-state index contributed by atoms with van der Waals surface area (Å²) in [5, 5.41) is 0. The largest absolute Gasteiger partial charge is 0.497 e. The van der Waals surface area contributed by atoms with Crippen LogP contribution in [0.4, 0.5) is 0 Å². The molecule has 0 spiro atoms. The maximum atomic E-state index is 5.98. The van der Waals surface area contributed by atoms with E-state index in [4.69, 9.17) is 14.2 Å². The number of benzene rings is 3. The minimum atomic E-state index is 0.540. The second-order valence-corrected chi connectivity index (χ2v) is 7.62. The molecular weight excluding hydrogens is 360 g/mol. The second kappa shape index (κ2) is 8.44. The molecule has 0 aromatic heterocycles. The summed E-state index contributed by atoms with van der Waals surface area (Å²) in [7, 11) is 1.68. The first-order chi connectivity index (χ1) is 14.1. The number of methoxy groups -OCH3 is 1. The number of hydrogen-bond donors (Lipinski definition) is 0. The molecule has 0 bridgehead atoms. The molecule has 3 nitrogen and oxygen atoms in total. The Morgan fingerprint density at radius 3 is 2.31 bits per heavy atom. The van der Waals surface area contributed by atoms with Gasteiger partial charge >= 0.3 is 0 Å². The Bertz CT molecular complexity index is 999. The average Bonchev–Trinajstić information content (AvgIpc) is 2.77. The van der Waals surface area contributed by atoms with Crippen LogP contribution in [0.5, 0.6) is 17.2 Å². The van der Waals surface area contributed by atoms with Gasteiger partial charge in [0.15, 0.2) is 0 Å². The number of hydrogen-bond acceptors (Lipinski definition) is 3. The van der Waals surface area contributed by atoms with Crippen molar-refractivity contribution in [3.63, 3.8) is 0 Å². The van der Waals surface area contributed by atoms with Crippen molar-refractivity contribution in [1.29, 1.82) is 0 Å². The van der Waals surface area contributed by atoms with Crippen LogP contribution in [0.15, 0.2) is 73.0 Å². The van der Waals surface area contributed by atoms with Gasteiger partial charge in [0.2, 0.25) is 0 Å². The van der Waals surface area contributed by atoms with Crippen molar-refractivity contribution in [1.82, 2.24) is 0 Å². The summed E-state index contributed by atoms with van der Waals surface area (Å²) >= 11 is 0. The predicted octanol–water partition coefficient (Wildman–Crippen LogP) is 6.37. The Kier molecular flexibility index (Phi) is 5.57. The summed E-state index contributed by atoms with van der Waals surface area (Å²) in [6.45, 7) is 4.95. The highest BCUT2D eigenvalue weighted by molar-refractivity contribution is 5.70. The molecule has 0 fully saturated rings. The summed E-state index contributed by atoms with van der Waals surface area (Å²) in [4.78, 5) is 0. The molecule has 0 unspecified atom stereocenters. The van der Waals surface area contributed by atoms with Crippen LogP contribution >= 0.6 is 0 Å². The molecule has 0 atom stereocenters. The van der Waals surface area contributed by atoms with Crippen molar-refractivity contribution in [2.45, 2.75) is 32.8 Å². The van der Waals surface area contributed by atoms with Crippen molar-refractivity contribution in [2.24, 2.45) is 0 Å². The first-order valence-electron chi connectivity index (χ1n) is 9.97.